The van der Waals surface area contributed by atoms with Gasteiger partial charge < -0.3 is 20.3 Å². The molecule has 0 saturated carbocycles. The maximum atomic E-state index is 13.1. The minimum absolute atomic E-state index is 0.0778. The van der Waals surface area contributed by atoms with Gasteiger partial charge >= 0.3 is 6.18 Å². The van der Waals surface area contributed by atoms with E-state index < -0.39 is 29.6 Å². The number of pyridine rings is 2. The monoisotopic (exact) mass is 615 g/mol. The number of benzene rings is 1. The molecule has 2 N–H and O–H groups in total. The third-order valence-electron chi connectivity index (χ3n) is 6.63. The zero-order valence-electron chi connectivity index (χ0n) is 22.9. The van der Waals surface area contributed by atoms with Gasteiger partial charge in [0.1, 0.15) is 12.1 Å². The molecule has 43 heavy (non-hydrogen) atoms. The molecule has 3 heterocycles. The average Bonchev–Trinajstić information content (AvgIpc) is 3.00. The highest BCUT2D eigenvalue weighted by atomic mass is 35.5. The van der Waals surface area contributed by atoms with Crippen LogP contribution in [0.5, 0.6) is 5.88 Å². The van der Waals surface area contributed by atoms with Crippen molar-refractivity contribution in [1.82, 2.24) is 25.5 Å². The van der Waals surface area contributed by atoms with Gasteiger partial charge in [0.05, 0.1) is 12.1 Å². The number of amides is 3. The van der Waals surface area contributed by atoms with Crippen LogP contribution in [0.4, 0.5) is 13.2 Å². The van der Waals surface area contributed by atoms with Gasteiger partial charge in [-0.2, -0.15) is 13.2 Å². The van der Waals surface area contributed by atoms with Gasteiger partial charge in [0.25, 0.3) is 0 Å². The van der Waals surface area contributed by atoms with Gasteiger partial charge in [-0.3, -0.25) is 19.4 Å². The molecule has 4 rings (SSSR count). The molecule has 0 spiro atoms. The topological polar surface area (TPSA) is 114 Å². The molecule has 1 saturated heterocycles. The summed E-state index contributed by atoms with van der Waals surface area (Å²) >= 11 is 5.89. The van der Waals surface area contributed by atoms with Crippen LogP contribution in [-0.2, 0) is 27.0 Å². The zero-order chi connectivity index (χ0) is 30.8. The number of nitrogens with zero attached hydrogens (tertiary/aromatic N) is 3. The van der Waals surface area contributed by atoms with E-state index in [4.69, 9.17) is 16.3 Å². The molecule has 2 aromatic heterocycles. The van der Waals surface area contributed by atoms with Crippen molar-refractivity contribution in [3.05, 3.63) is 94.9 Å². The molecule has 226 valence electrons. The van der Waals surface area contributed by atoms with Gasteiger partial charge in [-0.05, 0) is 42.0 Å². The number of likely N-dealkylation sites (tertiary alicyclic amines) is 1. The first-order valence-electron chi connectivity index (χ1n) is 13.5. The summed E-state index contributed by atoms with van der Waals surface area (Å²) < 4.78 is 43.9. The van der Waals surface area contributed by atoms with Crippen LogP contribution in [0.1, 0.15) is 29.7 Å². The van der Waals surface area contributed by atoms with Crippen LogP contribution in [0.25, 0.3) is 6.08 Å². The maximum absolute atomic E-state index is 13.1. The average molecular weight is 616 g/mol. The zero-order valence-corrected chi connectivity index (χ0v) is 23.6. The van der Waals surface area contributed by atoms with E-state index in [1.54, 1.807) is 59.6 Å². The SMILES string of the molecule is O=C(/C=C/c1ccc(Cl)cc1)N[C@@H](Cc1ccccn1)C(=O)NCC(=O)N1CCC(Oc2ccc(C(F)(F)F)cn2)CC1. The Labute approximate surface area is 251 Å². The first kappa shape index (κ1) is 31.5. The van der Waals surface area contributed by atoms with Crippen molar-refractivity contribution in [2.24, 2.45) is 0 Å². The Morgan fingerprint density at radius 3 is 2.42 bits per heavy atom. The van der Waals surface area contributed by atoms with Crippen LogP contribution in [0, 0.1) is 0 Å². The van der Waals surface area contributed by atoms with E-state index in [1.165, 1.54) is 12.1 Å². The molecule has 1 fully saturated rings. The van der Waals surface area contributed by atoms with Crippen LogP contribution in [0.15, 0.2) is 73.1 Å². The number of aromatic nitrogens is 2. The second-order valence-corrected chi connectivity index (χ2v) is 10.2. The van der Waals surface area contributed by atoms with Crippen molar-refractivity contribution >= 4 is 35.4 Å². The third kappa shape index (κ3) is 9.81. The summed E-state index contributed by atoms with van der Waals surface area (Å²) in [4.78, 5) is 48.0. The van der Waals surface area contributed by atoms with E-state index in [0.29, 0.717) is 36.6 Å². The molecule has 0 unspecified atom stereocenters. The molecule has 9 nitrogen and oxygen atoms in total. The number of alkyl halides is 3. The molecular weight excluding hydrogens is 587 g/mol. The van der Waals surface area contributed by atoms with Crippen LogP contribution < -0.4 is 15.4 Å². The fourth-order valence-electron chi connectivity index (χ4n) is 4.31. The van der Waals surface area contributed by atoms with Crippen LogP contribution in [-0.4, -0.2) is 64.4 Å². The second kappa shape index (κ2) is 14.6. The van der Waals surface area contributed by atoms with E-state index in [-0.39, 0.29) is 30.9 Å². The lowest BCUT2D eigenvalue weighted by Gasteiger charge is -2.32. The normalized spacial score (nSPS) is 14.7. The van der Waals surface area contributed by atoms with Crippen molar-refractivity contribution in [1.29, 1.82) is 0 Å². The third-order valence-corrected chi connectivity index (χ3v) is 6.88. The van der Waals surface area contributed by atoms with Crippen molar-refractivity contribution in [2.75, 3.05) is 19.6 Å². The number of hydrogen-bond donors (Lipinski definition) is 2. The summed E-state index contributed by atoms with van der Waals surface area (Å²) in [7, 11) is 0. The molecule has 13 heteroatoms. The van der Waals surface area contributed by atoms with Gasteiger partial charge in [-0.1, -0.05) is 29.8 Å². The Bertz CT molecular complexity index is 1410. The summed E-state index contributed by atoms with van der Waals surface area (Å²) in [5, 5.41) is 5.85. The maximum Gasteiger partial charge on any atom is 0.417 e. The standard InChI is InChI=1S/C30H29ClF3N5O4/c31-22-8-4-20(5-9-22)6-10-26(40)38-25(17-23-3-1-2-14-35-23)29(42)37-19-28(41)39-15-12-24(13-16-39)43-27-11-7-21(18-36-27)30(32,33)34/h1-11,14,18,24-25H,12-13,15-17,19H2,(H,37,42)(H,38,40)/b10-6+/t25-/m0/s1. The van der Waals surface area contributed by atoms with Crippen molar-refractivity contribution < 1.29 is 32.3 Å². The number of rotatable bonds is 10. The molecule has 3 amide bonds. The Morgan fingerprint density at radius 2 is 1.79 bits per heavy atom. The van der Waals surface area contributed by atoms with Crippen LogP contribution in [0.3, 0.4) is 0 Å². The summed E-state index contributed by atoms with van der Waals surface area (Å²) in [6.07, 6.45) is 1.40. The Morgan fingerprint density at radius 1 is 1.05 bits per heavy atom. The highest BCUT2D eigenvalue weighted by Crippen LogP contribution is 2.29. The highest BCUT2D eigenvalue weighted by Gasteiger charge is 2.31. The smallest absolute Gasteiger partial charge is 0.417 e. The highest BCUT2D eigenvalue weighted by molar-refractivity contribution is 6.30. The fourth-order valence-corrected chi connectivity index (χ4v) is 4.44. The van der Waals surface area contributed by atoms with Gasteiger partial charge in [-0.25, -0.2) is 4.98 Å². The number of ether oxygens (including phenoxy) is 1. The number of nitrogens with one attached hydrogen (secondary N) is 2. The molecule has 1 aromatic carbocycles. The lowest BCUT2D eigenvalue weighted by atomic mass is 10.1. The van der Waals surface area contributed by atoms with E-state index in [1.807, 2.05) is 0 Å². The minimum Gasteiger partial charge on any atom is -0.474 e. The van der Waals surface area contributed by atoms with Crippen molar-refractivity contribution in [2.45, 2.75) is 37.6 Å². The van der Waals surface area contributed by atoms with E-state index in [0.717, 1.165) is 17.8 Å². The number of carbonyl (C=O) groups is 3. The number of carbonyl (C=O) groups excluding carboxylic acids is 3. The van der Waals surface area contributed by atoms with Crippen molar-refractivity contribution in [3.63, 3.8) is 0 Å². The lowest BCUT2D eigenvalue weighted by molar-refractivity contribution is -0.137. The first-order chi connectivity index (χ1) is 20.6. The van der Waals surface area contributed by atoms with Crippen LogP contribution >= 0.6 is 11.6 Å². The second-order valence-electron chi connectivity index (χ2n) is 9.77. The van der Waals surface area contributed by atoms with Crippen molar-refractivity contribution in [3.8, 4) is 5.88 Å². The molecule has 1 aliphatic heterocycles. The largest absolute Gasteiger partial charge is 0.474 e. The summed E-state index contributed by atoms with van der Waals surface area (Å²) in [5.74, 6) is -1.28. The predicted octanol–water partition coefficient (Wildman–Crippen LogP) is 4.08. The lowest BCUT2D eigenvalue weighted by Crippen LogP contribution is -2.51. The first-order valence-corrected chi connectivity index (χ1v) is 13.8. The molecule has 3 aromatic rings. The minimum atomic E-state index is -4.48. The summed E-state index contributed by atoms with van der Waals surface area (Å²) in [5.41, 5.74) is 0.472. The van der Waals surface area contributed by atoms with Gasteiger partial charge in [-0.15, -0.1) is 0 Å². The predicted molar refractivity (Wildman–Crippen MR) is 153 cm³/mol. The molecule has 0 radical (unpaired) electrons. The molecule has 0 aliphatic carbocycles. The number of hydrogen-bond acceptors (Lipinski definition) is 6. The Hall–Kier alpha value is -4.45. The van der Waals surface area contributed by atoms with Gasteiger partial charge in [0, 0.05) is 67.6 Å². The molecular formula is C30H29ClF3N5O4. The number of halogens is 4. The fraction of sp³-hybridized carbons (Fsp3) is 0.300. The Kier molecular flexibility index (Phi) is 10.7. The Balaban J connectivity index is 1.27. The molecule has 0 bridgehead atoms. The summed E-state index contributed by atoms with van der Waals surface area (Å²) in [6.45, 7) is 0.396. The summed E-state index contributed by atoms with van der Waals surface area (Å²) in [6, 6.07) is 13.2. The van der Waals surface area contributed by atoms with E-state index in [2.05, 4.69) is 20.6 Å². The van der Waals surface area contributed by atoms with Gasteiger partial charge in [0.15, 0.2) is 0 Å². The molecule has 1 atom stereocenters. The van der Waals surface area contributed by atoms with Gasteiger partial charge in [0.2, 0.25) is 23.6 Å². The molecule has 1 aliphatic rings. The quantitative estimate of drug-likeness (QED) is 0.333. The van der Waals surface area contributed by atoms with E-state index >= 15 is 0 Å². The van der Waals surface area contributed by atoms with E-state index in [9.17, 15) is 27.6 Å². The van der Waals surface area contributed by atoms with Crippen LogP contribution in [0.2, 0.25) is 5.02 Å². The number of piperidine rings is 1.